The maximum absolute atomic E-state index is 12.2. The first-order chi connectivity index (χ1) is 6.36. The molecule has 0 aliphatic rings. The van der Waals surface area contributed by atoms with Crippen LogP contribution in [0.4, 0.5) is 13.2 Å². The molecule has 0 saturated heterocycles. The number of halogens is 4. The fraction of sp³-hybridized carbons (Fsp3) is 0.500. The molecule has 8 heteroatoms. The first-order valence-electron chi connectivity index (χ1n) is 3.38. The number of aromatic nitrogens is 1. The second kappa shape index (κ2) is 3.92. The molecule has 1 aromatic rings. The molecule has 1 atom stereocenters. The Labute approximate surface area is 86.6 Å². The van der Waals surface area contributed by atoms with E-state index in [1.807, 2.05) is 0 Å². The second-order valence-corrected chi connectivity index (χ2v) is 3.71. The van der Waals surface area contributed by atoms with Crippen molar-refractivity contribution in [1.82, 2.24) is 4.98 Å². The predicted octanol–water partition coefficient (Wildman–Crippen LogP) is 2.37. The fourth-order valence-corrected chi connectivity index (χ4v) is 1.88. The van der Waals surface area contributed by atoms with E-state index in [0.717, 1.165) is 0 Å². The number of rotatable bonds is 2. The molecule has 0 amide bonds. The first kappa shape index (κ1) is 11.5. The second-order valence-electron chi connectivity index (χ2n) is 2.36. The SMILES string of the molecule is COc1nc(Cl)c(C(N)C(F)(F)F)s1. The molecule has 1 unspecified atom stereocenters. The Balaban J connectivity index is 3.01. The van der Waals surface area contributed by atoms with Crippen LogP contribution in [-0.4, -0.2) is 18.3 Å². The van der Waals surface area contributed by atoms with Gasteiger partial charge in [0.15, 0.2) is 0 Å². The van der Waals surface area contributed by atoms with Crippen molar-refractivity contribution in [3.8, 4) is 5.19 Å². The third-order valence-corrected chi connectivity index (χ3v) is 2.90. The van der Waals surface area contributed by atoms with Gasteiger partial charge in [-0.15, -0.1) is 0 Å². The Morgan fingerprint density at radius 1 is 1.57 bits per heavy atom. The van der Waals surface area contributed by atoms with Gasteiger partial charge in [-0.3, -0.25) is 0 Å². The minimum absolute atomic E-state index is 0.0599. The van der Waals surface area contributed by atoms with Gasteiger partial charge in [-0.25, -0.2) is 0 Å². The van der Waals surface area contributed by atoms with Gasteiger partial charge in [0, 0.05) is 0 Å². The zero-order valence-electron chi connectivity index (χ0n) is 6.93. The maximum atomic E-state index is 12.2. The van der Waals surface area contributed by atoms with E-state index < -0.39 is 12.2 Å². The number of alkyl halides is 3. The predicted molar refractivity (Wildman–Crippen MR) is 46.7 cm³/mol. The highest BCUT2D eigenvalue weighted by molar-refractivity contribution is 7.14. The summed E-state index contributed by atoms with van der Waals surface area (Å²) in [6, 6.07) is -2.11. The number of nitrogens with two attached hydrogens (primary N) is 1. The highest BCUT2D eigenvalue weighted by Gasteiger charge is 2.40. The largest absolute Gasteiger partial charge is 0.473 e. The number of nitrogens with zero attached hydrogens (tertiary/aromatic N) is 1. The van der Waals surface area contributed by atoms with Crippen molar-refractivity contribution in [2.45, 2.75) is 12.2 Å². The molecule has 3 nitrogen and oxygen atoms in total. The van der Waals surface area contributed by atoms with Crippen molar-refractivity contribution in [2.24, 2.45) is 5.73 Å². The van der Waals surface area contributed by atoms with Crippen molar-refractivity contribution in [1.29, 1.82) is 0 Å². The molecule has 0 fully saturated rings. The monoisotopic (exact) mass is 246 g/mol. The van der Waals surface area contributed by atoms with Crippen LogP contribution in [0, 0.1) is 0 Å². The Morgan fingerprint density at radius 2 is 2.14 bits per heavy atom. The minimum Gasteiger partial charge on any atom is -0.473 e. The lowest BCUT2D eigenvalue weighted by atomic mass is 10.3. The molecule has 2 N–H and O–H groups in total. The van der Waals surface area contributed by atoms with Gasteiger partial charge in [0.25, 0.3) is 5.19 Å². The standard InChI is InChI=1S/C6H6ClF3N2OS/c1-13-5-12-4(7)2(14-5)3(11)6(8,9)10/h3H,11H2,1H3. The summed E-state index contributed by atoms with van der Waals surface area (Å²) in [6.07, 6.45) is -4.53. The lowest BCUT2D eigenvalue weighted by Crippen LogP contribution is -2.27. The van der Waals surface area contributed by atoms with E-state index in [2.05, 4.69) is 9.72 Å². The molecule has 0 aliphatic carbocycles. The van der Waals surface area contributed by atoms with E-state index in [4.69, 9.17) is 17.3 Å². The van der Waals surface area contributed by atoms with Gasteiger partial charge < -0.3 is 10.5 Å². The maximum Gasteiger partial charge on any atom is 0.408 e. The molecule has 1 rings (SSSR count). The van der Waals surface area contributed by atoms with Crippen LogP contribution in [0.1, 0.15) is 10.9 Å². The number of thiazole rings is 1. The van der Waals surface area contributed by atoms with Gasteiger partial charge in [0.2, 0.25) is 0 Å². The van der Waals surface area contributed by atoms with Crippen LogP contribution >= 0.6 is 22.9 Å². The highest BCUT2D eigenvalue weighted by atomic mass is 35.5. The molecule has 14 heavy (non-hydrogen) atoms. The summed E-state index contributed by atoms with van der Waals surface area (Å²) in [5.41, 5.74) is 4.95. The fourth-order valence-electron chi connectivity index (χ4n) is 0.722. The third-order valence-electron chi connectivity index (χ3n) is 1.40. The molecule has 80 valence electrons. The van der Waals surface area contributed by atoms with Crippen LogP contribution in [0.3, 0.4) is 0 Å². The summed E-state index contributed by atoms with van der Waals surface area (Å²) in [6.45, 7) is 0. The van der Waals surface area contributed by atoms with Crippen molar-refractivity contribution in [3.63, 3.8) is 0 Å². The molecule has 0 radical (unpaired) electrons. The van der Waals surface area contributed by atoms with Gasteiger partial charge in [0.05, 0.1) is 12.0 Å². The Morgan fingerprint density at radius 3 is 2.50 bits per heavy atom. The average Bonchev–Trinajstić information content (AvgIpc) is 2.43. The van der Waals surface area contributed by atoms with Crippen LogP contribution < -0.4 is 10.5 Å². The van der Waals surface area contributed by atoms with E-state index in [1.165, 1.54) is 7.11 Å². The molecule has 0 aliphatic heterocycles. The smallest absolute Gasteiger partial charge is 0.408 e. The Hall–Kier alpha value is -0.530. The normalized spacial score (nSPS) is 14.1. The van der Waals surface area contributed by atoms with E-state index in [1.54, 1.807) is 0 Å². The summed E-state index contributed by atoms with van der Waals surface area (Å²) in [5.74, 6) is 0. The van der Waals surface area contributed by atoms with E-state index >= 15 is 0 Å². The topological polar surface area (TPSA) is 48.1 Å². The summed E-state index contributed by atoms with van der Waals surface area (Å²) < 4.78 is 41.2. The number of hydrogen-bond acceptors (Lipinski definition) is 4. The Kier molecular flexibility index (Phi) is 3.23. The molecule has 0 bridgehead atoms. The van der Waals surface area contributed by atoms with Crippen LogP contribution in [0.25, 0.3) is 0 Å². The van der Waals surface area contributed by atoms with E-state index in [-0.39, 0.29) is 15.2 Å². The van der Waals surface area contributed by atoms with E-state index in [9.17, 15) is 13.2 Å². The minimum atomic E-state index is -4.53. The zero-order valence-corrected chi connectivity index (χ0v) is 8.50. The highest BCUT2D eigenvalue weighted by Crippen LogP contribution is 2.39. The number of ether oxygens (including phenoxy) is 1. The summed E-state index contributed by atoms with van der Waals surface area (Å²) >= 11 is 6.15. The Bertz CT molecular complexity index is 327. The van der Waals surface area contributed by atoms with Crippen molar-refractivity contribution in [3.05, 3.63) is 10.0 Å². The lowest BCUT2D eigenvalue weighted by Gasteiger charge is -2.13. The molecule has 0 aromatic carbocycles. The van der Waals surface area contributed by atoms with Crippen LogP contribution in [-0.2, 0) is 0 Å². The van der Waals surface area contributed by atoms with Gasteiger partial charge in [-0.05, 0) is 0 Å². The van der Waals surface area contributed by atoms with Crippen LogP contribution in [0.5, 0.6) is 5.19 Å². The third kappa shape index (κ3) is 2.28. The molecule has 0 saturated carbocycles. The molecule has 1 heterocycles. The lowest BCUT2D eigenvalue weighted by molar-refractivity contribution is -0.148. The van der Waals surface area contributed by atoms with Crippen molar-refractivity contribution >= 4 is 22.9 Å². The van der Waals surface area contributed by atoms with Gasteiger partial charge in [0.1, 0.15) is 11.2 Å². The average molecular weight is 247 g/mol. The van der Waals surface area contributed by atoms with E-state index in [0.29, 0.717) is 11.3 Å². The molecule has 0 spiro atoms. The number of hydrogen-bond donors (Lipinski definition) is 1. The van der Waals surface area contributed by atoms with Crippen molar-refractivity contribution < 1.29 is 17.9 Å². The van der Waals surface area contributed by atoms with Crippen LogP contribution in [0.2, 0.25) is 5.15 Å². The molecule has 1 aromatic heterocycles. The summed E-state index contributed by atoms with van der Waals surface area (Å²) in [7, 11) is 1.29. The quantitative estimate of drug-likeness (QED) is 0.872. The summed E-state index contributed by atoms with van der Waals surface area (Å²) in [4.78, 5) is 3.31. The molecular weight excluding hydrogens is 241 g/mol. The van der Waals surface area contributed by atoms with Gasteiger partial charge >= 0.3 is 6.18 Å². The molecular formula is C6H6ClF3N2OS. The van der Waals surface area contributed by atoms with Crippen molar-refractivity contribution in [2.75, 3.05) is 7.11 Å². The van der Waals surface area contributed by atoms with Gasteiger partial charge in [-0.1, -0.05) is 22.9 Å². The number of methoxy groups -OCH3 is 1. The first-order valence-corrected chi connectivity index (χ1v) is 4.58. The summed E-state index contributed by atoms with van der Waals surface area (Å²) in [5, 5.41) is -0.207. The van der Waals surface area contributed by atoms with Crippen LogP contribution in [0.15, 0.2) is 0 Å². The zero-order chi connectivity index (χ0) is 10.9. The van der Waals surface area contributed by atoms with Gasteiger partial charge in [-0.2, -0.15) is 18.2 Å².